The van der Waals surface area contributed by atoms with Crippen molar-refractivity contribution < 1.29 is 23.8 Å². The molecule has 0 aliphatic rings. The molecule has 0 atom stereocenters. The number of aromatic nitrogens is 2. The molecule has 0 unspecified atom stereocenters. The van der Waals surface area contributed by atoms with Gasteiger partial charge in [-0.05, 0) is 25.5 Å². The van der Waals surface area contributed by atoms with Crippen LogP contribution in [0.3, 0.4) is 0 Å². The van der Waals surface area contributed by atoms with E-state index >= 15 is 0 Å². The Kier molecular flexibility index (Phi) is 8.21. The quantitative estimate of drug-likeness (QED) is 0.407. The summed E-state index contributed by atoms with van der Waals surface area (Å²) in [5, 5.41) is 0. The number of benzene rings is 1. The zero-order valence-corrected chi connectivity index (χ0v) is 16.9. The first kappa shape index (κ1) is 22.7. The third-order valence-corrected chi connectivity index (χ3v) is 4.04. The summed E-state index contributed by atoms with van der Waals surface area (Å²) in [7, 11) is 0. The van der Waals surface area contributed by atoms with Crippen molar-refractivity contribution in [2.24, 2.45) is 0 Å². The molecule has 162 valence electrons. The Labute approximate surface area is 172 Å². The summed E-state index contributed by atoms with van der Waals surface area (Å²) in [6.45, 7) is 3.71. The van der Waals surface area contributed by atoms with E-state index in [1.54, 1.807) is 24.3 Å². The van der Waals surface area contributed by atoms with Crippen LogP contribution >= 0.6 is 0 Å². The predicted octanol–water partition coefficient (Wildman–Crippen LogP) is 1.12. The van der Waals surface area contributed by atoms with Gasteiger partial charge in [0.15, 0.2) is 18.1 Å². The Hall–Kier alpha value is -3.56. The molecule has 1 heterocycles. The fourth-order valence-electron chi connectivity index (χ4n) is 2.68. The zero-order valence-electron chi connectivity index (χ0n) is 16.9. The number of esters is 1. The summed E-state index contributed by atoms with van der Waals surface area (Å²) in [6.07, 6.45) is 0.458. The van der Waals surface area contributed by atoms with Gasteiger partial charge in [0.2, 0.25) is 5.78 Å². The van der Waals surface area contributed by atoms with Crippen LogP contribution < -0.4 is 26.5 Å². The minimum absolute atomic E-state index is 0.0151. The van der Waals surface area contributed by atoms with Crippen LogP contribution in [0.15, 0.2) is 33.9 Å². The Morgan fingerprint density at radius 1 is 1.10 bits per heavy atom. The number of hydrogen-bond acceptors (Lipinski definition) is 8. The Morgan fingerprint density at radius 2 is 1.77 bits per heavy atom. The predicted molar refractivity (Wildman–Crippen MR) is 109 cm³/mol. The molecule has 0 bridgehead atoms. The molecule has 2 rings (SSSR count). The van der Waals surface area contributed by atoms with Gasteiger partial charge in [0.05, 0.1) is 19.6 Å². The van der Waals surface area contributed by atoms with Crippen LogP contribution in [0.25, 0.3) is 0 Å². The minimum atomic E-state index is -0.915. The summed E-state index contributed by atoms with van der Waals surface area (Å²) in [5.74, 6) is -0.688. The lowest BCUT2D eigenvalue weighted by Gasteiger charge is -2.12. The maximum atomic E-state index is 12.3. The first-order chi connectivity index (χ1) is 14.4. The molecule has 10 nitrogen and oxygen atoms in total. The maximum absolute atomic E-state index is 12.3. The number of nitrogen functional groups attached to an aromatic ring is 1. The molecule has 0 spiro atoms. The second kappa shape index (κ2) is 10.8. The average Bonchev–Trinajstić information content (AvgIpc) is 2.71. The van der Waals surface area contributed by atoms with E-state index in [0.717, 1.165) is 4.57 Å². The molecule has 2 aromatic rings. The number of para-hydroxylation sites is 2. The van der Waals surface area contributed by atoms with Gasteiger partial charge < -0.3 is 19.9 Å². The highest BCUT2D eigenvalue weighted by Crippen LogP contribution is 2.26. The number of aromatic amines is 1. The summed E-state index contributed by atoms with van der Waals surface area (Å²) < 4.78 is 17.0. The van der Waals surface area contributed by atoms with E-state index in [0.29, 0.717) is 24.5 Å². The number of carbonyl (C=O) groups is 2. The first-order valence-electron chi connectivity index (χ1n) is 9.55. The number of H-pyrrole nitrogens is 1. The monoisotopic (exact) mass is 419 g/mol. The van der Waals surface area contributed by atoms with Gasteiger partial charge in [-0.2, -0.15) is 0 Å². The lowest BCUT2D eigenvalue weighted by atomic mass is 10.2. The van der Waals surface area contributed by atoms with Crippen molar-refractivity contribution in [3.05, 3.63) is 50.7 Å². The number of ether oxygens (including phenoxy) is 3. The topological polar surface area (TPSA) is 143 Å². The van der Waals surface area contributed by atoms with E-state index in [1.807, 2.05) is 18.8 Å². The average molecular weight is 419 g/mol. The molecule has 0 aliphatic carbocycles. The molecule has 0 aliphatic heterocycles. The Balaban J connectivity index is 1.93. The number of carbonyl (C=O) groups excluding carboxylic acids is 2. The van der Waals surface area contributed by atoms with Gasteiger partial charge >= 0.3 is 11.7 Å². The number of anilines is 1. The van der Waals surface area contributed by atoms with Crippen molar-refractivity contribution >= 4 is 17.6 Å². The summed E-state index contributed by atoms with van der Waals surface area (Å²) in [6, 6.07) is 7.03. The first-order valence-corrected chi connectivity index (χ1v) is 9.55. The fourth-order valence-corrected chi connectivity index (χ4v) is 2.68. The fraction of sp³-hybridized carbons (Fsp3) is 0.400. The smallest absolute Gasteiger partial charge is 0.329 e. The van der Waals surface area contributed by atoms with E-state index in [9.17, 15) is 19.2 Å². The number of nitrogens with one attached hydrogen (secondary N) is 1. The zero-order chi connectivity index (χ0) is 22.1. The lowest BCUT2D eigenvalue weighted by molar-refractivity contribution is -0.143. The molecular formula is C20H25N3O7. The lowest BCUT2D eigenvalue weighted by Crippen LogP contribution is -2.37. The van der Waals surface area contributed by atoms with Crippen LogP contribution in [-0.4, -0.2) is 41.1 Å². The second-order valence-corrected chi connectivity index (χ2v) is 6.23. The van der Waals surface area contributed by atoms with Crippen molar-refractivity contribution in [3.63, 3.8) is 0 Å². The van der Waals surface area contributed by atoms with E-state index in [-0.39, 0.29) is 25.4 Å². The van der Waals surface area contributed by atoms with Gasteiger partial charge in [0.25, 0.3) is 5.56 Å². The van der Waals surface area contributed by atoms with Gasteiger partial charge in [-0.25, -0.2) is 4.79 Å². The Morgan fingerprint density at radius 3 is 2.40 bits per heavy atom. The van der Waals surface area contributed by atoms with Gasteiger partial charge in [-0.1, -0.05) is 19.1 Å². The summed E-state index contributed by atoms with van der Waals surface area (Å²) >= 11 is 0. The largest absolute Gasteiger partial charge is 0.490 e. The van der Waals surface area contributed by atoms with Crippen LogP contribution in [0.2, 0.25) is 0 Å². The standard InChI is InChI=1S/C20H25N3O7/c1-3-10-23-18(21)17(19(26)22-20(23)27)13(24)12-30-16(25)9-11-29-15-8-6-5-7-14(15)28-4-2/h5-8H,3-4,9-12,21H2,1-2H3,(H,22,26,27). The molecule has 0 fully saturated rings. The van der Waals surface area contributed by atoms with Crippen LogP contribution in [0.5, 0.6) is 11.5 Å². The minimum Gasteiger partial charge on any atom is -0.490 e. The number of rotatable bonds is 11. The van der Waals surface area contributed by atoms with Gasteiger partial charge in [0.1, 0.15) is 11.4 Å². The maximum Gasteiger partial charge on any atom is 0.329 e. The number of hydrogen-bond donors (Lipinski definition) is 2. The number of Topliss-reactive ketones (excluding diaryl/α,β-unsaturated/α-hetero) is 1. The molecule has 1 aromatic carbocycles. The van der Waals surface area contributed by atoms with E-state index in [1.165, 1.54) is 0 Å². The normalized spacial score (nSPS) is 10.5. The highest BCUT2D eigenvalue weighted by molar-refractivity contribution is 6.01. The molecular weight excluding hydrogens is 394 g/mol. The molecule has 0 radical (unpaired) electrons. The molecule has 1 aromatic heterocycles. The van der Waals surface area contributed by atoms with Crippen LogP contribution in [0.1, 0.15) is 37.0 Å². The van der Waals surface area contributed by atoms with Crippen LogP contribution in [-0.2, 0) is 16.1 Å². The van der Waals surface area contributed by atoms with Gasteiger partial charge in [-0.3, -0.25) is 23.9 Å². The van der Waals surface area contributed by atoms with Gasteiger partial charge in [0, 0.05) is 6.54 Å². The highest BCUT2D eigenvalue weighted by Gasteiger charge is 2.20. The molecule has 10 heteroatoms. The third kappa shape index (κ3) is 5.72. The molecule has 0 saturated carbocycles. The van der Waals surface area contributed by atoms with Crippen molar-refractivity contribution in [1.82, 2.24) is 9.55 Å². The number of ketones is 1. The van der Waals surface area contributed by atoms with Crippen LogP contribution in [0, 0.1) is 0 Å². The van der Waals surface area contributed by atoms with Gasteiger partial charge in [-0.15, -0.1) is 0 Å². The van der Waals surface area contributed by atoms with Crippen molar-refractivity contribution in [3.8, 4) is 11.5 Å². The molecule has 0 saturated heterocycles. The van der Waals surface area contributed by atoms with Crippen molar-refractivity contribution in [2.45, 2.75) is 33.2 Å². The van der Waals surface area contributed by atoms with E-state index < -0.39 is 35.2 Å². The van der Waals surface area contributed by atoms with Crippen LogP contribution in [0.4, 0.5) is 5.82 Å². The number of nitrogens with zero attached hydrogens (tertiary/aromatic N) is 1. The highest BCUT2D eigenvalue weighted by atomic mass is 16.5. The van der Waals surface area contributed by atoms with Crippen molar-refractivity contribution in [1.29, 1.82) is 0 Å². The molecule has 3 N–H and O–H groups in total. The second-order valence-electron chi connectivity index (χ2n) is 6.23. The molecule has 30 heavy (non-hydrogen) atoms. The molecule has 0 amide bonds. The summed E-state index contributed by atoms with van der Waals surface area (Å²) in [5.41, 5.74) is 3.79. The number of nitrogens with two attached hydrogens (primary N) is 1. The summed E-state index contributed by atoms with van der Waals surface area (Å²) in [4.78, 5) is 50.1. The van der Waals surface area contributed by atoms with E-state index in [4.69, 9.17) is 19.9 Å². The van der Waals surface area contributed by atoms with E-state index in [2.05, 4.69) is 0 Å². The SMILES string of the molecule is CCCn1c(N)c(C(=O)COC(=O)CCOc2ccccc2OCC)c(=O)[nH]c1=O. The third-order valence-electron chi connectivity index (χ3n) is 4.04. The van der Waals surface area contributed by atoms with Crippen molar-refractivity contribution in [2.75, 3.05) is 25.6 Å². The Bertz CT molecular complexity index is 1010.